The first-order valence-corrected chi connectivity index (χ1v) is 18.1. The van der Waals surface area contributed by atoms with Gasteiger partial charge in [0.05, 0.1) is 22.4 Å². The summed E-state index contributed by atoms with van der Waals surface area (Å²) in [7, 11) is -10.2. The van der Waals surface area contributed by atoms with E-state index in [-0.39, 0.29) is 52.4 Å². The molecule has 0 aliphatic heterocycles. The van der Waals surface area contributed by atoms with Crippen LogP contribution in [0.25, 0.3) is 21.5 Å². The van der Waals surface area contributed by atoms with E-state index in [1.165, 1.54) is 36.4 Å². The number of fused-ring (bicyclic) bond motifs is 2. The molecule has 2 amide bonds. The van der Waals surface area contributed by atoms with E-state index in [4.69, 9.17) is 0 Å². The first-order valence-electron chi connectivity index (χ1n) is 15.2. The predicted molar refractivity (Wildman–Crippen MR) is 197 cm³/mol. The molecular weight excluding hydrogens is 720 g/mol. The second-order valence-corrected chi connectivity index (χ2v) is 14.0. The van der Waals surface area contributed by atoms with Crippen LogP contribution in [0.3, 0.4) is 0 Å². The Hall–Kier alpha value is -5.00. The van der Waals surface area contributed by atoms with Crippen molar-refractivity contribution in [3.63, 3.8) is 0 Å². The number of benzene rings is 6. The van der Waals surface area contributed by atoms with Crippen LogP contribution in [-0.2, 0) is 20.2 Å². The smallest absolute Gasteiger partial charge is 0.296 e. The fourth-order valence-electron chi connectivity index (χ4n) is 5.64. The molecule has 0 bridgehead atoms. The number of carbonyl (C=O) groups is 2. The molecule has 0 atom stereocenters. The summed E-state index contributed by atoms with van der Waals surface area (Å²) < 4.78 is 69.5. The Bertz CT molecular complexity index is 2600. The molecule has 1 radical (unpaired) electrons. The van der Waals surface area contributed by atoms with E-state index in [0.717, 1.165) is 28.6 Å². The van der Waals surface area contributed by atoms with Crippen LogP contribution in [0.4, 0.5) is 22.7 Å². The zero-order valence-corrected chi connectivity index (χ0v) is 31.3. The van der Waals surface area contributed by atoms with E-state index < -0.39 is 58.1 Å². The van der Waals surface area contributed by atoms with Crippen LogP contribution in [0, 0.1) is 0 Å². The quantitative estimate of drug-likeness (QED) is 0.0673. The number of phenolic OH excluding ortho intramolecular Hbond substituents is 1. The Morgan fingerprint density at radius 3 is 2.00 bits per heavy atom. The van der Waals surface area contributed by atoms with Crippen molar-refractivity contribution in [1.29, 1.82) is 0 Å². The van der Waals surface area contributed by atoms with Gasteiger partial charge in [-0.05, 0) is 73.0 Å². The molecule has 0 aromatic heterocycles. The van der Waals surface area contributed by atoms with Gasteiger partial charge in [-0.1, -0.05) is 54.6 Å². The Kier molecular flexibility index (Phi) is 11.3. The Labute approximate surface area is 320 Å². The number of nitrogens with zero attached hydrogens (tertiary/aromatic N) is 3. The molecule has 0 saturated heterocycles. The Balaban J connectivity index is 0.00000523. The number of nitrogens with one attached hydrogen (secondary N) is 1. The van der Waals surface area contributed by atoms with Crippen LogP contribution in [0.15, 0.2) is 135 Å². The second-order valence-electron chi connectivity index (χ2n) is 11.2. The van der Waals surface area contributed by atoms with Gasteiger partial charge in [0.2, 0.25) is 0 Å². The maximum Gasteiger partial charge on any atom is 0.296 e. The summed E-state index contributed by atoms with van der Waals surface area (Å²) in [6, 6.07) is 29.8. The molecule has 0 saturated carbocycles. The SMILES string of the molecule is CCN(C(=O)c1ccc(N=Nc2c(S(=O)(=O)O)cc3c(S(=O)(=O)O)ccc(NC(=O)c4ccccc4)c3c2O)cc1)c1cccc2ccccc12.[Na]. The van der Waals surface area contributed by atoms with Crippen molar-refractivity contribution in [1.82, 2.24) is 0 Å². The molecule has 0 fully saturated rings. The maximum absolute atomic E-state index is 13.6. The van der Waals surface area contributed by atoms with Crippen molar-refractivity contribution in [3.8, 4) is 5.75 Å². The molecule has 0 heterocycles. The average molecular weight is 748 g/mol. The molecule has 259 valence electrons. The molecule has 0 unspecified atom stereocenters. The molecule has 6 aromatic rings. The summed E-state index contributed by atoms with van der Waals surface area (Å²) in [5, 5.41) is 22.8. The topological polar surface area (TPSA) is 203 Å². The summed E-state index contributed by atoms with van der Waals surface area (Å²) in [4.78, 5) is 26.3. The van der Waals surface area contributed by atoms with Gasteiger partial charge in [-0.15, -0.1) is 5.11 Å². The summed E-state index contributed by atoms with van der Waals surface area (Å²) in [5.41, 5.74) is 0.403. The number of amides is 2. The average Bonchev–Trinajstić information content (AvgIpc) is 3.11. The predicted octanol–water partition coefficient (Wildman–Crippen LogP) is 7.15. The molecule has 16 heteroatoms. The third kappa shape index (κ3) is 7.75. The van der Waals surface area contributed by atoms with E-state index in [1.54, 1.807) is 23.1 Å². The van der Waals surface area contributed by atoms with Crippen LogP contribution in [0.2, 0.25) is 0 Å². The molecule has 6 rings (SSSR count). The number of phenols is 1. The van der Waals surface area contributed by atoms with Crippen LogP contribution >= 0.6 is 0 Å². The van der Waals surface area contributed by atoms with Crippen molar-refractivity contribution in [2.45, 2.75) is 16.7 Å². The van der Waals surface area contributed by atoms with Crippen molar-refractivity contribution < 1.29 is 40.6 Å². The fraction of sp³-hybridized carbons (Fsp3) is 0.0556. The van der Waals surface area contributed by atoms with Crippen molar-refractivity contribution in [3.05, 3.63) is 126 Å². The molecule has 0 spiro atoms. The summed E-state index contributed by atoms with van der Waals surface area (Å²) in [6.45, 7) is 2.23. The van der Waals surface area contributed by atoms with E-state index in [0.29, 0.717) is 18.2 Å². The molecule has 13 nitrogen and oxygen atoms in total. The Morgan fingerprint density at radius 1 is 0.712 bits per heavy atom. The van der Waals surface area contributed by atoms with Crippen molar-refractivity contribution in [2.75, 3.05) is 16.8 Å². The largest absolute Gasteiger partial charge is 0.505 e. The molecule has 0 aliphatic carbocycles. The molecule has 0 aliphatic rings. The number of hydrogen-bond acceptors (Lipinski definition) is 9. The van der Waals surface area contributed by atoms with Gasteiger partial charge in [0.25, 0.3) is 32.1 Å². The van der Waals surface area contributed by atoms with Gasteiger partial charge in [0.15, 0.2) is 5.75 Å². The van der Waals surface area contributed by atoms with Gasteiger partial charge < -0.3 is 15.3 Å². The maximum atomic E-state index is 13.6. The molecule has 4 N–H and O–H groups in total. The zero-order valence-electron chi connectivity index (χ0n) is 27.6. The van der Waals surface area contributed by atoms with Crippen LogP contribution in [0.5, 0.6) is 5.75 Å². The number of hydrogen-bond donors (Lipinski definition) is 4. The summed E-state index contributed by atoms with van der Waals surface area (Å²) >= 11 is 0. The summed E-state index contributed by atoms with van der Waals surface area (Å²) in [5.74, 6) is -1.93. The van der Waals surface area contributed by atoms with Gasteiger partial charge in [0.1, 0.15) is 15.5 Å². The number of carbonyl (C=O) groups excluding carboxylic acids is 2. The van der Waals surface area contributed by atoms with E-state index in [2.05, 4.69) is 15.5 Å². The third-order valence-electron chi connectivity index (χ3n) is 8.01. The summed E-state index contributed by atoms with van der Waals surface area (Å²) in [6.07, 6.45) is 0. The van der Waals surface area contributed by atoms with Crippen LogP contribution in [0.1, 0.15) is 27.6 Å². The number of aromatic hydroxyl groups is 1. The molecular formula is C36H28N4NaO9S2. The van der Waals surface area contributed by atoms with Crippen LogP contribution < -0.4 is 10.2 Å². The first kappa shape index (κ1) is 38.2. The second kappa shape index (κ2) is 15.3. The molecule has 52 heavy (non-hydrogen) atoms. The monoisotopic (exact) mass is 747 g/mol. The molecule has 6 aromatic carbocycles. The van der Waals surface area contributed by atoms with E-state index in [9.17, 15) is 40.6 Å². The minimum Gasteiger partial charge on any atom is -0.505 e. The number of rotatable bonds is 9. The minimum absolute atomic E-state index is 0. The number of azo groups is 1. The van der Waals surface area contributed by atoms with Gasteiger partial charge in [-0.2, -0.15) is 21.9 Å². The van der Waals surface area contributed by atoms with E-state index in [1.807, 2.05) is 49.4 Å². The van der Waals surface area contributed by atoms with Gasteiger partial charge in [-0.3, -0.25) is 18.7 Å². The minimum atomic E-state index is -5.19. The zero-order chi connectivity index (χ0) is 36.5. The van der Waals surface area contributed by atoms with Crippen molar-refractivity contribution in [2.24, 2.45) is 10.2 Å². The fourth-order valence-corrected chi connectivity index (χ4v) is 6.97. The number of anilines is 2. The first-order chi connectivity index (χ1) is 24.3. The van der Waals surface area contributed by atoms with Crippen molar-refractivity contribution >= 4 is 106 Å². The van der Waals surface area contributed by atoms with Crippen LogP contribution in [-0.4, -0.2) is 79.0 Å². The van der Waals surface area contributed by atoms with Gasteiger partial charge in [-0.25, -0.2) is 0 Å². The van der Waals surface area contributed by atoms with Gasteiger partial charge >= 0.3 is 0 Å². The van der Waals surface area contributed by atoms with E-state index >= 15 is 0 Å². The standard InChI is InChI=1S/C36H28N4O9S2.Na/c1-2-40(29-14-8-12-22-9-6-7-13-26(22)29)36(43)24-15-17-25(18-16-24)38-39-33-31(51(47,48)49)21-27-30(50(44,45)46)20-19-28(32(27)34(33)41)37-35(42)23-10-4-3-5-11-23;/h3-21,41H,2H2,1H3,(H,37,42)(H,44,45,46)(H,47,48,49);. The normalized spacial score (nSPS) is 11.8. The van der Waals surface area contributed by atoms with Gasteiger partial charge in [0, 0.05) is 58.0 Å². The Morgan fingerprint density at radius 2 is 1.35 bits per heavy atom. The third-order valence-corrected chi connectivity index (χ3v) is 9.79.